The van der Waals surface area contributed by atoms with Gasteiger partial charge in [-0.25, -0.2) is 9.97 Å². The fraction of sp³-hybridized carbons (Fsp3) is 0.190. The van der Waals surface area contributed by atoms with Gasteiger partial charge in [0.1, 0.15) is 15.5 Å². The van der Waals surface area contributed by atoms with E-state index in [-0.39, 0.29) is 11.6 Å². The molecular weight excluding hydrogens is 429 g/mol. The first-order chi connectivity index (χ1) is 15.0. The molecule has 4 heterocycles. The molecule has 1 aliphatic heterocycles. The number of nitrogens with zero attached hydrogens (tertiary/aromatic N) is 3. The van der Waals surface area contributed by atoms with Crippen LogP contribution in [-0.4, -0.2) is 28.3 Å². The topological polar surface area (TPSA) is 69.2 Å². The van der Waals surface area contributed by atoms with Crippen molar-refractivity contribution in [2.24, 2.45) is 0 Å². The van der Waals surface area contributed by atoms with Crippen LogP contribution in [0.1, 0.15) is 10.4 Å². The summed E-state index contributed by atoms with van der Waals surface area (Å²) < 4.78 is 50.5. The van der Waals surface area contributed by atoms with E-state index < -0.39 is 11.1 Å². The zero-order chi connectivity index (χ0) is 21.4. The third kappa shape index (κ3) is 3.98. The standard InChI is InChI=1S/C21H15F3N4O2S/c22-21(23,24)17-10-14-19(26-8-3-12-1-2-15-16(9-12)30-11-29-15)27-18(28-20(14)31-17)13-4-6-25-7-5-13/h1-2,4-7,9-10H,3,8,11H2,(H,26,27,28). The predicted molar refractivity (Wildman–Crippen MR) is 110 cm³/mol. The van der Waals surface area contributed by atoms with Gasteiger partial charge in [-0.2, -0.15) is 13.2 Å². The van der Waals surface area contributed by atoms with Crippen molar-refractivity contribution in [1.82, 2.24) is 15.0 Å². The summed E-state index contributed by atoms with van der Waals surface area (Å²) in [5.74, 6) is 2.10. The Kier molecular flexibility index (Phi) is 4.85. The summed E-state index contributed by atoms with van der Waals surface area (Å²) in [5.41, 5.74) is 1.69. The average molecular weight is 444 g/mol. The van der Waals surface area contributed by atoms with Crippen LogP contribution in [-0.2, 0) is 12.6 Å². The van der Waals surface area contributed by atoms with Crippen LogP contribution in [0.15, 0.2) is 48.8 Å². The van der Waals surface area contributed by atoms with Crippen molar-refractivity contribution in [3.63, 3.8) is 0 Å². The van der Waals surface area contributed by atoms with Crippen molar-refractivity contribution in [3.05, 3.63) is 59.2 Å². The Labute approximate surface area is 178 Å². The molecule has 1 aromatic carbocycles. The summed E-state index contributed by atoms with van der Waals surface area (Å²) >= 11 is 0.608. The highest BCUT2D eigenvalue weighted by Gasteiger charge is 2.33. The van der Waals surface area contributed by atoms with Gasteiger partial charge in [0, 0.05) is 24.5 Å². The second-order valence-corrected chi connectivity index (χ2v) is 7.85. The summed E-state index contributed by atoms with van der Waals surface area (Å²) in [4.78, 5) is 12.4. The Morgan fingerprint density at radius 1 is 1.00 bits per heavy atom. The van der Waals surface area contributed by atoms with E-state index in [9.17, 15) is 13.2 Å². The Morgan fingerprint density at radius 2 is 1.81 bits per heavy atom. The highest BCUT2D eigenvalue weighted by atomic mass is 32.1. The first-order valence-corrected chi connectivity index (χ1v) is 10.2. The molecule has 0 saturated carbocycles. The van der Waals surface area contributed by atoms with Crippen LogP contribution < -0.4 is 14.8 Å². The van der Waals surface area contributed by atoms with Crippen LogP contribution in [0.3, 0.4) is 0 Å². The molecule has 10 heteroatoms. The fourth-order valence-electron chi connectivity index (χ4n) is 3.25. The van der Waals surface area contributed by atoms with Crippen molar-refractivity contribution < 1.29 is 22.6 Å². The Bertz CT molecular complexity index is 1240. The van der Waals surface area contributed by atoms with Crippen LogP contribution in [0.25, 0.3) is 21.6 Å². The number of benzene rings is 1. The molecule has 0 unspecified atom stereocenters. The first-order valence-electron chi connectivity index (χ1n) is 9.39. The van der Waals surface area contributed by atoms with Crippen LogP contribution >= 0.6 is 11.3 Å². The maximum absolute atomic E-state index is 13.3. The summed E-state index contributed by atoms with van der Waals surface area (Å²) in [6.45, 7) is 0.673. The number of hydrogen-bond acceptors (Lipinski definition) is 7. The average Bonchev–Trinajstić information content (AvgIpc) is 3.40. The van der Waals surface area contributed by atoms with E-state index in [0.29, 0.717) is 58.4 Å². The maximum Gasteiger partial charge on any atom is 0.425 e. The molecule has 158 valence electrons. The molecule has 0 saturated heterocycles. The molecule has 0 fully saturated rings. The predicted octanol–water partition coefficient (Wildman–Crippen LogP) is 5.16. The molecule has 6 nitrogen and oxygen atoms in total. The van der Waals surface area contributed by atoms with Crippen LogP contribution in [0.5, 0.6) is 11.5 Å². The van der Waals surface area contributed by atoms with Crippen LogP contribution in [0.2, 0.25) is 0 Å². The van der Waals surface area contributed by atoms with E-state index in [1.807, 2.05) is 18.2 Å². The summed E-state index contributed by atoms with van der Waals surface area (Å²) in [7, 11) is 0. The Balaban J connectivity index is 1.45. The zero-order valence-corrected chi connectivity index (χ0v) is 16.8. The molecular formula is C21H15F3N4O2S. The molecule has 5 rings (SSSR count). The highest BCUT2D eigenvalue weighted by molar-refractivity contribution is 7.18. The number of halogens is 3. The molecule has 0 aliphatic carbocycles. The van der Waals surface area contributed by atoms with Crippen molar-refractivity contribution in [2.45, 2.75) is 12.6 Å². The second kappa shape index (κ2) is 7.69. The van der Waals surface area contributed by atoms with Gasteiger partial charge in [-0.1, -0.05) is 6.07 Å². The third-order valence-electron chi connectivity index (χ3n) is 4.75. The maximum atomic E-state index is 13.3. The largest absolute Gasteiger partial charge is 0.454 e. The molecule has 0 amide bonds. The number of thiophene rings is 1. The van der Waals surface area contributed by atoms with Gasteiger partial charge in [0.15, 0.2) is 17.3 Å². The minimum Gasteiger partial charge on any atom is -0.454 e. The molecule has 0 atom stereocenters. The van der Waals surface area contributed by atoms with Gasteiger partial charge >= 0.3 is 6.18 Å². The minimum absolute atomic E-state index is 0.202. The monoisotopic (exact) mass is 444 g/mol. The van der Waals surface area contributed by atoms with Gasteiger partial charge in [0.05, 0.1) is 5.39 Å². The molecule has 4 aromatic rings. The van der Waals surface area contributed by atoms with Crippen LogP contribution in [0.4, 0.5) is 19.0 Å². The molecule has 3 aromatic heterocycles. The number of rotatable bonds is 5. The van der Waals surface area contributed by atoms with E-state index in [2.05, 4.69) is 20.3 Å². The molecule has 0 bridgehead atoms. The SMILES string of the molecule is FC(F)(F)c1cc2c(NCCc3ccc4c(c3)OCO4)nc(-c3ccncc3)nc2s1. The number of ether oxygens (including phenoxy) is 2. The second-order valence-electron chi connectivity index (χ2n) is 6.82. The number of hydrogen-bond donors (Lipinski definition) is 1. The minimum atomic E-state index is -4.44. The number of aromatic nitrogens is 3. The van der Waals surface area contributed by atoms with Gasteiger partial charge in [-0.05, 0) is 42.3 Å². The lowest BCUT2D eigenvalue weighted by Gasteiger charge is -2.09. The first kappa shape index (κ1) is 19.6. The number of anilines is 1. The van der Waals surface area contributed by atoms with Gasteiger partial charge < -0.3 is 14.8 Å². The lowest BCUT2D eigenvalue weighted by Crippen LogP contribution is -2.07. The van der Waals surface area contributed by atoms with E-state index in [4.69, 9.17) is 9.47 Å². The van der Waals surface area contributed by atoms with Gasteiger partial charge in [-0.15, -0.1) is 11.3 Å². The highest BCUT2D eigenvalue weighted by Crippen LogP contribution is 2.40. The van der Waals surface area contributed by atoms with E-state index >= 15 is 0 Å². The smallest absolute Gasteiger partial charge is 0.425 e. The third-order valence-corrected chi connectivity index (χ3v) is 5.83. The van der Waals surface area contributed by atoms with Gasteiger partial charge in [0.2, 0.25) is 6.79 Å². The molecule has 0 radical (unpaired) electrons. The van der Waals surface area contributed by atoms with Gasteiger partial charge in [-0.3, -0.25) is 4.98 Å². The summed E-state index contributed by atoms with van der Waals surface area (Å²) in [6.07, 6.45) is -0.634. The zero-order valence-electron chi connectivity index (χ0n) is 15.9. The number of alkyl halides is 3. The normalized spacial score (nSPS) is 13.0. The van der Waals surface area contributed by atoms with E-state index in [0.717, 1.165) is 11.6 Å². The van der Waals surface area contributed by atoms with Crippen molar-refractivity contribution in [1.29, 1.82) is 0 Å². The lowest BCUT2D eigenvalue weighted by molar-refractivity contribution is -0.134. The lowest BCUT2D eigenvalue weighted by atomic mass is 10.1. The number of fused-ring (bicyclic) bond motifs is 2. The number of pyridine rings is 1. The number of nitrogens with one attached hydrogen (secondary N) is 1. The molecule has 31 heavy (non-hydrogen) atoms. The van der Waals surface area contributed by atoms with Gasteiger partial charge in [0.25, 0.3) is 0 Å². The van der Waals surface area contributed by atoms with Crippen molar-refractivity contribution >= 4 is 27.4 Å². The van der Waals surface area contributed by atoms with E-state index in [1.165, 1.54) is 0 Å². The Hall–Kier alpha value is -3.40. The summed E-state index contributed by atoms with van der Waals surface area (Å²) in [6, 6.07) is 10.2. The quantitative estimate of drug-likeness (QED) is 0.459. The molecule has 1 aliphatic rings. The Morgan fingerprint density at radius 3 is 2.61 bits per heavy atom. The van der Waals surface area contributed by atoms with Crippen molar-refractivity contribution in [2.75, 3.05) is 18.7 Å². The summed E-state index contributed by atoms with van der Waals surface area (Å²) in [5, 5.41) is 3.53. The molecule has 0 spiro atoms. The molecule has 1 N–H and O–H groups in total. The van der Waals surface area contributed by atoms with E-state index in [1.54, 1.807) is 24.5 Å². The fourth-order valence-corrected chi connectivity index (χ4v) is 4.15. The van der Waals surface area contributed by atoms with Crippen LogP contribution in [0, 0.1) is 0 Å². The van der Waals surface area contributed by atoms with Crippen molar-refractivity contribution in [3.8, 4) is 22.9 Å².